The number of halogens is 3. The topological polar surface area (TPSA) is 52.0 Å². The first-order valence-corrected chi connectivity index (χ1v) is 4.33. The van der Waals surface area contributed by atoms with E-state index < -0.39 is 11.6 Å². The van der Waals surface area contributed by atoms with Crippen LogP contribution in [0.1, 0.15) is 0 Å². The Balaban J connectivity index is 2.58. The molecule has 3 nitrogen and oxygen atoms in total. The van der Waals surface area contributed by atoms with E-state index in [4.69, 9.17) is 21.9 Å². The zero-order chi connectivity index (χ0) is 11.0. The summed E-state index contributed by atoms with van der Waals surface area (Å²) < 4.78 is 31.1. The molecule has 0 atom stereocenters. The van der Waals surface area contributed by atoms with Crippen LogP contribution < -0.4 is 5.73 Å². The zero-order valence-electron chi connectivity index (χ0n) is 7.30. The van der Waals surface area contributed by atoms with Gasteiger partial charge in [-0.3, -0.25) is 0 Å². The quantitative estimate of drug-likeness (QED) is 0.767. The van der Waals surface area contributed by atoms with Crippen molar-refractivity contribution >= 4 is 17.4 Å². The minimum absolute atomic E-state index is 0.0561. The number of aromatic nitrogens is 1. The molecule has 0 fully saturated rings. The number of nitrogen functional groups attached to an aromatic ring is 1. The second kappa shape index (κ2) is 3.51. The molecular formula is C9H5ClF2N2O. The summed E-state index contributed by atoms with van der Waals surface area (Å²) in [5.41, 5.74) is 5.22. The molecule has 0 saturated heterocycles. The number of benzene rings is 1. The molecule has 1 aromatic heterocycles. The summed E-state index contributed by atoms with van der Waals surface area (Å²) >= 11 is 5.39. The summed E-state index contributed by atoms with van der Waals surface area (Å²) in [5.74, 6) is -1.28. The summed E-state index contributed by atoms with van der Waals surface area (Å²) in [6.07, 6.45) is 0. The van der Waals surface area contributed by atoms with E-state index in [9.17, 15) is 8.78 Å². The van der Waals surface area contributed by atoms with Gasteiger partial charge >= 0.3 is 0 Å². The number of nitrogens with two attached hydrogens (primary N) is 1. The lowest BCUT2D eigenvalue weighted by atomic mass is 10.1. The van der Waals surface area contributed by atoms with E-state index in [0.717, 1.165) is 12.1 Å². The molecule has 0 spiro atoms. The lowest BCUT2D eigenvalue weighted by Gasteiger charge is -2.00. The SMILES string of the molecule is Nc1cc(-c2cc(F)c(Cl)cc2F)on1. The third kappa shape index (κ3) is 1.78. The second-order valence-corrected chi connectivity index (χ2v) is 3.27. The summed E-state index contributed by atoms with van der Waals surface area (Å²) in [6, 6.07) is 3.09. The highest BCUT2D eigenvalue weighted by molar-refractivity contribution is 6.30. The van der Waals surface area contributed by atoms with Crippen LogP contribution >= 0.6 is 11.6 Å². The standard InChI is InChI=1S/C9H5ClF2N2O/c10-5-2-6(11)4(1-7(5)12)8-3-9(13)14-15-8/h1-3H,(H2,13,14). The van der Waals surface area contributed by atoms with Crippen LogP contribution in [0.4, 0.5) is 14.6 Å². The van der Waals surface area contributed by atoms with Gasteiger partial charge in [0, 0.05) is 6.07 Å². The van der Waals surface area contributed by atoms with Gasteiger partial charge in [0.2, 0.25) is 0 Å². The third-order valence-electron chi connectivity index (χ3n) is 1.80. The molecule has 0 aliphatic rings. The first-order chi connectivity index (χ1) is 7.08. The lowest BCUT2D eigenvalue weighted by Crippen LogP contribution is -1.86. The number of rotatable bonds is 1. The predicted molar refractivity (Wildman–Crippen MR) is 51.3 cm³/mol. The fourth-order valence-corrected chi connectivity index (χ4v) is 1.28. The molecule has 0 unspecified atom stereocenters. The van der Waals surface area contributed by atoms with Gasteiger partial charge in [0.1, 0.15) is 11.6 Å². The Bertz CT molecular complexity index is 513. The monoisotopic (exact) mass is 230 g/mol. The van der Waals surface area contributed by atoms with E-state index in [0.29, 0.717) is 0 Å². The minimum atomic E-state index is -0.733. The molecule has 2 N–H and O–H groups in total. The third-order valence-corrected chi connectivity index (χ3v) is 2.09. The Labute approximate surface area is 88.4 Å². The summed E-state index contributed by atoms with van der Waals surface area (Å²) in [5, 5.41) is 3.08. The first-order valence-electron chi connectivity index (χ1n) is 3.95. The molecule has 0 radical (unpaired) electrons. The Hall–Kier alpha value is -1.62. The van der Waals surface area contributed by atoms with E-state index in [-0.39, 0.29) is 22.2 Å². The van der Waals surface area contributed by atoms with Gasteiger partial charge in [-0.05, 0) is 12.1 Å². The van der Waals surface area contributed by atoms with Crippen LogP contribution in [0.15, 0.2) is 22.7 Å². The summed E-state index contributed by atoms with van der Waals surface area (Å²) in [4.78, 5) is 0. The van der Waals surface area contributed by atoms with Crippen molar-refractivity contribution in [1.82, 2.24) is 5.16 Å². The van der Waals surface area contributed by atoms with Crippen molar-refractivity contribution in [3.8, 4) is 11.3 Å². The average molecular weight is 231 g/mol. The van der Waals surface area contributed by atoms with Gasteiger partial charge in [-0.15, -0.1) is 0 Å². The van der Waals surface area contributed by atoms with Crippen LogP contribution in [0.25, 0.3) is 11.3 Å². The highest BCUT2D eigenvalue weighted by Crippen LogP contribution is 2.28. The van der Waals surface area contributed by atoms with E-state index in [1.807, 2.05) is 0 Å². The maximum absolute atomic E-state index is 13.3. The number of hydrogen-bond acceptors (Lipinski definition) is 3. The molecule has 0 amide bonds. The summed E-state index contributed by atoms with van der Waals surface area (Å²) in [6.45, 7) is 0. The Morgan fingerprint density at radius 3 is 2.53 bits per heavy atom. The van der Waals surface area contributed by atoms with Crippen molar-refractivity contribution in [2.24, 2.45) is 0 Å². The Kier molecular flexibility index (Phi) is 2.32. The molecule has 0 saturated carbocycles. The maximum Gasteiger partial charge on any atom is 0.172 e. The minimum Gasteiger partial charge on any atom is -0.381 e. The molecular weight excluding hydrogens is 226 g/mol. The van der Waals surface area contributed by atoms with Crippen LogP contribution in [0.3, 0.4) is 0 Å². The van der Waals surface area contributed by atoms with Gasteiger partial charge in [-0.1, -0.05) is 16.8 Å². The lowest BCUT2D eigenvalue weighted by molar-refractivity contribution is 0.433. The molecule has 15 heavy (non-hydrogen) atoms. The van der Waals surface area contributed by atoms with Gasteiger partial charge < -0.3 is 10.3 Å². The highest BCUT2D eigenvalue weighted by atomic mass is 35.5. The van der Waals surface area contributed by atoms with Gasteiger partial charge in [0.05, 0.1) is 10.6 Å². The van der Waals surface area contributed by atoms with E-state index in [1.165, 1.54) is 6.07 Å². The van der Waals surface area contributed by atoms with Gasteiger partial charge in [-0.2, -0.15) is 0 Å². The number of nitrogens with zero attached hydrogens (tertiary/aromatic N) is 1. The first kappa shape index (κ1) is 9.92. The fraction of sp³-hybridized carbons (Fsp3) is 0. The van der Waals surface area contributed by atoms with Gasteiger partial charge in [0.25, 0.3) is 0 Å². The van der Waals surface area contributed by atoms with Crippen LogP contribution in [-0.4, -0.2) is 5.16 Å². The van der Waals surface area contributed by atoms with Crippen molar-refractivity contribution in [2.75, 3.05) is 5.73 Å². The molecule has 0 aliphatic carbocycles. The fourth-order valence-electron chi connectivity index (χ4n) is 1.13. The Morgan fingerprint density at radius 1 is 1.20 bits per heavy atom. The summed E-state index contributed by atoms with van der Waals surface area (Å²) in [7, 11) is 0. The van der Waals surface area contributed by atoms with Crippen molar-refractivity contribution in [3.63, 3.8) is 0 Å². The van der Waals surface area contributed by atoms with Crippen LogP contribution in [0, 0.1) is 11.6 Å². The average Bonchev–Trinajstić information content (AvgIpc) is 2.58. The molecule has 0 bridgehead atoms. The van der Waals surface area contributed by atoms with Crippen molar-refractivity contribution in [3.05, 3.63) is 34.9 Å². The van der Waals surface area contributed by atoms with E-state index >= 15 is 0 Å². The van der Waals surface area contributed by atoms with Crippen LogP contribution in [0.2, 0.25) is 5.02 Å². The maximum atomic E-state index is 13.3. The number of anilines is 1. The van der Waals surface area contributed by atoms with Crippen LogP contribution in [-0.2, 0) is 0 Å². The molecule has 78 valence electrons. The molecule has 2 rings (SSSR count). The van der Waals surface area contributed by atoms with Crippen LogP contribution in [0.5, 0.6) is 0 Å². The molecule has 1 heterocycles. The Morgan fingerprint density at radius 2 is 1.93 bits per heavy atom. The molecule has 2 aromatic rings. The van der Waals surface area contributed by atoms with E-state index in [2.05, 4.69) is 5.16 Å². The predicted octanol–water partition coefficient (Wildman–Crippen LogP) is 2.86. The molecule has 1 aromatic carbocycles. The number of hydrogen-bond donors (Lipinski definition) is 1. The zero-order valence-corrected chi connectivity index (χ0v) is 8.05. The van der Waals surface area contributed by atoms with Crippen molar-refractivity contribution in [1.29, 1.82) is 0 Å². The van der Waals surface area contributed by atoms with Crippen molar-refractivity contribution in [2.45, 2.75) is 0 Å². The largest absolute Gasteiger partial charge is 0.381 e. The second-order valence-electron chi connectivity index (χ2n) is 2.86. The highest BCUT2D eigenvalue weighted by Gasteiger charge is 2.14. The molecule has 0 aliphatic heterocycles. The van der Waals surface area contributed by atoms with E-state index in [1.54, 1.807) is 0 Å². The van der Waals surface area contributed by atoms with Gasteiger partial charge in [0.15, 0.2) is 11.6 Å². The smallest absolute Gasteiger partial charge is 0.172 e. The van der Waals surface area contributed by atoms with Gasteiger partial charge in [-0.25, -0.2) is 8.78 Å². The van der Waals surface area contributed by atoms with Crippen molar-refractivity contribution < 1.29 is 13.3 Å². The normalized spacial score (nSPS) is 10.6. The molecule has 6 heteroatoms.